The summed E-state index contributed by atoms with van der Waals surface area (Å²) >= 11 is 0. The minimum absolute atomic E-state index is 0.344. The van der Waals surface area contributed by atoms with Gasteiger partial charge in [-0.2, -0.15) is 0 Å². The Morgan fingerprint density at radius 3 is 2.46 bits per heavy atom. The van der Waals surface area contributed by atoms with Crippen molar-refractivity contribution in [3.05, 3.63) is 35.9 Å². The van der Waals surface area contributed by atoms with Gasteiger partial charge >= 0.3 is 0 Å². The van der Waals surface area contributed by atoms with Crippen LogP contribution < -0.4 is 5.32 Å². The second kappa shape index (κ2) is 4.65. The van der Waals surface area contributed by atoms with Gasteiger partial charge in [0.2, 0.25) is 0 Å². The maximum absolute atomic E-state index is 7.65. The molecule has 70 valence electrons. The maximum atomic E-state index is 7.65. The zero-order chi connectivity index (χ0) is 9.68. The van der Waals surface area contributed by atoms with E-state index in [1.54, 1.807) is 0 Å². The van der Waals surface area contributed by atoms with E-state index in [0.717, 1.165) is 0 Å². The highest BCUT2D eigenvalue weighted by molar-refractivity contribution is 5.81. The molecule has 2 heteroatoms. The zero-order valence-corrected chi connectivity index (χ0v) is 8.17. The van der Waals surface area contributed by atoms with Gasteiger partial charge in [-0.3, -0.25) is 5.41 Å². The molecule has 0 saturated heterocycles. The Kier molecular flexibility index (Phi) is 3.50. The highest BCUT2D eigenvalue weighted by Gasteiger charge is 1.99. The molecule has 0 radical (unpaired) electrons. The quantitative estimate of drug-likeness (QED) is 0.537. The molecule has 0 unspecified atom stereocenters. The number of amidine groups is 1. The fourth-order valence-corrected chi connectivity index (χ4v) is 1.20. The lowest BCUT2D eigenvalue weighted by Crippen LogP contribution is -2.30. The van der Waals surface area contributed by atoms with Crippen LogP contribution in [-0.4, -0.2) is 11.9 Å². The van der Waals surface area contributed by atoms with Crippen LogP contribution in [0.4, 0.5) is 0 Å². The van der Waals surface area contributed by atoms with Gasteiger partial charge in [0.1, 0.15) is 0 Å². The van der Waals surface area contributed by atoms with Crippen LogP contribution in [0, 0.1) is 5.41 Å². The SMILES string of the molecule is CC(C)NC(=N)Cc1ccccc1. The van der Waals surface area contributed by atoms with Gasteiger partial charge in [-0.1, -0.05) is 30.3 Å². The van der Waals surface area contributed by atoms with E-state index in [-0.39, 0.29) is 0 Å². The van der Waals surface area contributed by atoms with Crippen LogP contribution in [0.25, 0.3) is 0 Å². The van der Waals surface area contributed by atoms with E-state index in [9.17, 15) is 0 Å². The first kappa shape index (κ1) is 9.78. The fourth-order valence-electron chi connectivity index (χ4n) is 1.20. The monoisotopic (exact) mass is 176 g/mol. The predicted octanol–water partition coefficient (Wildman–Crippen LogP) is 2.20. The third-order valence-electron chi connectivity index (χ3n) is 1.69. The van der Waals surface area contributed by atoms with E-state index < -0.39 is 0 Å². The van der Waals surface area contributed by atoms with Crippen molar-refractivity contribution in [2.75, 3.05) is 0 Å². The van der Waals surface area contributed by atoms with Crippen LogP contribution in [0.2, 0.25) is 0 Å². The van der Waals surface area contributed by atoms with Crippen LogP contribution >= 0.6 is 0 Å². The van der Waals surface area contributed by atoms with Crippen molar-refractivity contribution >= 4 is 5.84 Å². The molecule has 0 aliphatic carbocycles. The first-order valence-electron chi connectivity index (χ1n) is 4.56. The lowest BCUT2D eigenvalue weighted by Gasteiger charge is -2.10. The van der Waals surface area contributed by atoms with Crippen molar-refractivity contribution in [2.24, 2.45) is 0 Å². The van der Waals surface area contributed by atoms with Gasteiger partial charge in [0.05, 0.1) is 5.84 Å². The molecule has 0 aliphatic heterocycles. The predicted molar refractivity (Wildman–Crippen MR) is 56.1 cm³/mol. The number of benzene rings is 1. The topological polar surface area (TPSA) is 35.9 Å². The number of hydrogen-bond donors (Lipinski definition) is 2. The molecular weight excluding hydrogens is 160 g/mol. The molecule has 0 spiro atoms. The van der Waals surface area contributed by atoms with E-state index in [2.05, 4.69) is 5.32 Å². The minimum atomic E-state index is 0.344. The van der Waals surface area contributed by atoms with E-state index in [1.807, 2.05) is 44.2 Å². The first-order valence-corrected chi connectivity index (χ1v) is 4.56. The van der Waals surface area contributed by atoms with Crippen LogP contribution in [0.15, 0.2) is 30.3 Å². The number of nitrogens with one attached hydrogen (secondary N) is 2. The number of hydrogen-bond acceptors (Lipinski definition) is 1. The van der Waals surface area contributed by atoms with Gasteiger partial charge in [-0.05, 0) is 19.4 Å². The molecule has 0 aliphatic rings. The van der Waals surface area contributed by atoms with Crippen molar-refractivity contribution in [3.63, 3.8) is 0 Å². The van der Waals surface area contributed by atoms with E-state index >= 15 is 0 Å². The van der Waals surface area contributed by atoms with Crippen molar-refractivity contribution in [2.45, 2.75) is 26.3 Å². The van der Waals surface area contributed by atoms with Crippen molar-refractivity contribution in [1.82, 2.24) is 5.32 Å². The largest absolute Gasteiger partial charge is 0.372 e. The van der Waals surface area contributed by atoms with Crippen molar-refractivity contribution in [1.29, 1.82) is 5.41 Å². The standard InChI is InChI=1S/C11H16N2/c1-9(2)13-11(12)8-10-6-4-3-5-7-10/h3-7,9H,8H2,1-2H3,(H2,12,13). The van der Waals surface area contributed by atoms with Gasteiger partial charge < -0.3 is 5.32 Å². The van der Waals surface area contributed by atoms with Gasteiger partial charge in [0.25, 0.3) is 0 Å². The molecule has 1 aromatic rings. The highest BCUT2D eigenvalue weighted by Crippen LogP contribution is 1.99. The molecule has 0 saturated carbocycles. The molecule has 0 fully saturated rings. The van der Waals surface area contributed by atoms with Crippen LogP contribution in [0.5, 0.6) is 0 Å². The molecule has 13 heavy (non-hydrogen) atoms. The zero-order valence-electron chi connectivity index (χ0n) is 8.17. The average Bonchev–Trinajstić information content (AvgIpc) is 2.04. The van der Waals surface area contributed by atoms with Crippen LogP contribution in [0.3, 0.4) is 0 Å². The van der Waals surface area contributed by atoms with Gasteiger partial charge in [-0.25, -0.2) is 0 Å². The Labute approximate surface area is 79.5 Å². The Bertz CT molecular complexity index is 265. The van der Waals surface area contributed by atoms with Gasteiger partial charge in [-0.15, -0.1) is 0 Å². The third kappa shape index (κ3) is 3.74. The van der Waals surface area contributed by atoms with Gasteiger partial charge in [0, 0.05) is 12.5 Å². The summed E-state index contributed by atoms with van der Waals surface area (Å²) in [5.74, 6) is 0.584. The molecule has 0 aromatic heterocycles. The summed E-state index contributed by atoms with van der Waals surface area (Å²) in [6.45, 7) is 4.08. The Morgan fingerprint density at radius 2 is 1.92 bits per heavy atom. The summed E-state index contributed by atoms with van der Waals surface area (Å²) in [7, 11) is 0. The second-order valence-electron chi connectivity index (χ2n) is 3.44. The molecule has 0 amide bonds. The molecule has 0 heterocycles. The first-order chi connectivity index (χ1) is 6.18. The lowest BCUT2D eigenvalue weighted by atomic mass is 10.1. The lowest BCUT2D eigenvalue weighted by molar-refractivity contribution is 0.721. The van der Waals surface area contributed by atoms with Crippen LogP contribution in [0.1, 0.15) is 19.4 Å². The highest BCUT2D eigenvalue weighted by atomic mass is 15.0. The van der Waals surface area contributed by atoms with Crippen molar-refractivity contribution in [3.8, 4) is 0 Å². The number of rotatable bonds is 3. The molecule has 1 aromatic carbocycles. The molecule has 0 atom stereocenters. The Balaban J connectivity index is 2.46. The molecule has 1 rings (SSSR count). The molecule has 0 bridgehead atoms. The minimum Gasteiger partial charge on any atom is -0.372 e. The summed E-state index contributed by atoms with van der Waals surface area (Å²) in [6.07, 6.45) is 0.693. The van der Waals surface area contributed by atoms with E-state index in [1.165, 1.54) is 5.56 Å². The summed E-state index contributed by atoms with van der Waals surface area (Å²) in [5.41, 5.74) is 1.18. The summed E-state index contributed by atoms with van der Waals surface area (Å²) in [4.78, 5) is 0. The van der Waals surface area contributed by atoms with Crippen molar-refractivity contribution < 1.29 is 0 Å². The third-order valence-corrected chi connectivity index (χ3v) is 1.69. The van der Waals surface area contributed by atoms with E-state index in [0.29, 0.717) is 18.3 Å². The Hall–Kier alpha value is -1.31. The second-order valence-corrected chi connectivity index (χ2v) is 3.44. The Morgan fingerprint density at radius 1 is 1.31 bits per heavy atom. The molecule has 2 nitrogen and oxygen atoms in total. The maximum Gasteiger partial charge on any atom is 0.0978 e. The normalized spacial score (nSPS) is 10.1. The van der Waals surface area contributed by atoms with Crippen LogP contribution in [-0.2, 0) is 6.42 Å². The average molecular weight is 176 g/mol. The summed E-state index contributed by atoms with van der Waals surface area (Å²) in [5, 5.41) is 10.7. The molecular formula is C11H16N2. The van der Waals surface area contributed by atoms with E-state index in [4.69, 9.17) is 5.41 Å². The molecule has 2 N–H and O–H groups in total. The smallest absolute Gasteiger partial charge is 0.0978 e. The summed E-state index contributed by atoms with van der Waals surface area (Å²) < 4.78 is 0. The summed E-state index contributed by atoms with van der Waals surface area (Å²) in [6, 6.07) is 10.4. The van der Waals surface area contributed by atoms with Gasteiger partial charge in [0.15, 0.2) is 0 Å². The fraction of sp³-hybridized carbons (Fsp3) is 0.364.